The van der Waals surface area contributed by atoms with Crippen LogP contribution in [-0.4, -0.2) is 32.9 Å². The van der Waals surface area contributed by atoms with Gasteiger partial charge in [0.05, 0.1) is 35.7 Å². The molecule has 1 aromatic heterocycles. The summed E-state index contributed by atoms with van der Waals surface area (Å²) in [6.07, 6.45) is 4.79. The van der Waals surface area contributed by atoms with Crippen LogP contribution in [0.25, 0.3) is 11.1 Å². The lowest BCUT2D eigenvalue weighted by atomic mass is 9.89. The molecule has 8 heteroatoms. The number of carboxylic acid groups (broad SMARTS) is 1. The van der Waals surface area contributed by atoms with Crippen LogP contribution in [0.4, 0.5) is 20.6 Å². The van der Waals surface area contributed by atoms with E-state index < -0.39 is 24.0 Å². The van der Waals surface area contributed by atoms with E-state index in [4.69, 9.17) is 0 Å². The molecule has 0 spiro atoms. The molecule has 0 radical (unpaired) electrons. The number of halogens is 1. The van der Waals surface area contributed by atoms with Crippen molar-refractivity contribution in [2.45, 2.75) is 51.7 Å². The molecular formula is C25H25FN4O3. The number of carbonyl (C=O) groups excluding carboxylic acids is 1. The summed E-state index contributed by atoms with van der Waals surface area (Å²) in [4.78, 5) is 28.1. The largest absolute Gasteiger partial charge is 0.465 e. The highest BCUT2D eigenvalue weighted by Crippen LogP contribution is 2.47. The van der Waals surface area contributed by atoms with Gasteiger partial charge < -0.3 is 10.0 Å². The molecule has 1 N–H and O–H groups in total. The molecule has 2 amide bonds. The molecule has 2 aliphatic rings. The quantitative estimate of drug-likeness (QED) is 0.589. The first-order valence-electron chi connectivity index (χ1n) is 11.0. The third-order valence-electron chi connectivity index (χ3n) is 6.60. The molecule has 1 unspecified atom stereocenters. The molecule has 3 aromatic rings. The van der Waals surface area contributed by atoms with Crippen LogP contribution < -0.4 is 9.80 Å². The summed E-state index contributed by atoms with van der Waals surface area (Å²) >= 11 is 0. The molecule has 7 nitrogen and oxygen atoms in total. The van der Waals surface area contributed by atoms with Gasteiger partial charge in [0.15, 0.2) is 0 Å². The second kappa shape index (κ2) is 7.72. The van der Waals surface area contributed by atoms with Gasteiger partial charge in [0, 0.05) is 18.7 Å². The van der Waals surface area contributed by atoms with Gasteiger partial charge in [0.25, 0.3) is 0 Å². The van der Waals surface area contributed by atoms with E-state index in [0.29, 0.717) is 23.0 Å². The summed E-state index contributed by atoms with van der Waals surface area (Å²) in [5.41, 5.74) is 3.88. The minimum atomic E-state index is -1.16. The Bertz CT molecular complexity index is 1270. The predicted molar refractivity (Wildman–Crippen MR) is 123 cm³/mol. The Hall–Kier alpha value is -3.68. The first kappa shape index (κ1) is 21.2. The van der Waals surface area contributed by atoms with Gasteiger partial charge >= 0.3 is 6.09 Å². The zero-order valence-electron chi connectivity index (χ0n) is 18.7. The number of hydrogen-bond acceptors (Lipinski definition) is 3. The number of anilines is 2. The fraction of sp³-hybridized carbons (Fsp3) is 0.320. The molecule has 170 valence electrons. The van der Waals surface area contributed by atoms with Crippen LogP contribution in [-0.2, 0) is 4.79 Å². The van der Waals surface area contributed by atoms with Gasteiger partial charge in [-0.15, -0.1) is 0 Å². The number of benzene rings is 2. The van der Waals surface area contributed by atoms with Crippen molar-refractivity contribution in [3.8, 4) is 11.1 Å². The maximum absolute atomic E-state index is 14.2. The second-order valence-electron chi connectivity index (χ2n) is 8.87. The van der Waals surface area contributed by atoms with Crippen LogP contribution in [0.3, 0.4) is 0 Å². The Labute approximate surface area is 191 Å². The van der Waals surface area contributed by atoms with Gasteiger partial charge in [-0.05, 0) is 67.6 Å². The fourth-order valence-corrected chi connectivity index (χ4v) is 4.86. The average molecular weight is 448 g/mol. The number of aryl methyl sites for hydroxylation is 1. The van der Waals surface area contributed by atoms with Gasteiger partial charge in [0.2, 0.25) is 5.91 Å². The summed E-state index contributed by atoms with van der Waals surface area (Å²) in [6, 6.07) is 8.92. The summed E-state index contributed by atoms with van der Waals surface area (Å²) < 4.78 is 16.1. The van der Waals surface area contributed by atoms with Gasteiger partial charge in [-0.3, -0.25) is 14.4 Å². The fourth-order valence-electron chi connectivity index (χ4n) is 4.86. The Morgan fingerprint density at radius 1 is 1.06 bits per heavy atom. The summed E-state index contributed by atoms with van der Waals surface area (Å²) in [5.74, 6) is -0.656. The monoisotopic (exact) mass is 448 g/mol. The summed E-state index contributed by atoms with van der Waals surface area (Å²) in [5, 5.41) is 14.7. The Balaban J connectivity index is 1.69. The van der Waals surface area contributed by atoms with Crippen molar-refractivity contribution < 1.29 is 19.1 Å². The van der Waals surface area contributed by atoms with Gasteiger partial charge in [-0.1, -0.05) is 12.1 Å². The average Bonchev–Trinajstić information content (AvgIpc) is 3.50. The van der Waals surface area contributed by atoms with Crippen molar-refractivity contribution in [1.29, 1.82) is 0 Å². The number of nitrogens with zero attached hydrogens (tertiary/aromatic N) is 4. The van der Waals surface area contributed by atoms with Crippen molar-refractivity contribution in [3.63, 3.8) is 0 Å². The molecule has 0 bridgehead atoms. The van der Waals surface area contributed by atoms with Crippen LogP contribution >= 0.6 is 0 Å². The zero-order valence-corrected chi connectivity index (χ0v) is 18.7. The molecule has 1 aliphatic carbocycles. The van der Waals surface area contributed by atoms with Gasteiger partial charge in [0.1, 0.15) is 5.82 Å². The van der Waals surface area contributed by atoms with Crippen LogP contribution in [0, 0.1) is 12.7 Å². The van der Waals surface area contributed by atoms with Crippen molar-refractivity contribution >= 4 is 23.4 Å². The number of aromatic nitrogens is 2. The smallest absolute Gasteiger partial charge is 0.412 e. The van der Waals surface area contributed by atoms with E-state index in [1.54, 1.807) is 36.2 Å². The Morgan fingerprint density at radius 2 is 1.82 bits per heavy atom. The lowest BCUT2D eigenvalue weighted by Gasteiger charge is -2.46. The molecule has 0 saturated heterocycles. The standard InChI is InChI=1S/C25H25FN4O3/c1-14-4-6-19(26)11-21(14)24-15(2)29(16(3)31)22-9-5-17(10-23(22)30(24)25(32)33)18-12-27-28(13-18)20-7-8-20/h4-6,9-13,15,20,24H,7-8H2,1-3H3,(H,32,33)/t15-,24?/m0/s1. The van der Waals surface area contributed by atoms with E-state index in [2.05, 4.69) is 5.10 Å². The number of carbonyl (C=O) groups is 2. The van der Waals surface area contributed by atoms with Crippen LogP contribution in [0.2, 0.25) is 0 Å². The van der Waals surface area contributed by atoms with E-state index in [1.807, 2.05) is 23.9 Å². The van der Waals surface area contributed by atoms with Crippen molar-refractivity contribution in [1.82, 2.24) is 9.78 Å². The van der Waals surface area contributed by atoms with E-state index in [0.717, 1.165) is 29.5 Å². The zero-order chi connectivity index (χ0) is 23.4. The summed E-state index contributed by atoms with van der Waals surface area (Å²) in [6.45, 7) is 5.07. The maximum atomic E-state index is 14.2. The minimum absolute atomic E-state index is 0.206. The first-order chi connectivity index (χ1) is 15.8. The topological polar surface area (TPSA) is 78.7 Å². The molecule has 2 heterocycles. The minimum Gasteiger partial charge on any atom is -0.465 e. The summed E-state index contributed by atoms with van der Waals surface area (Å²) in [7, 11) is 0. The SMILES string of the molecule is CC(=O)N1c2ccc(-c3cnn(C4CC4)c3)cc2N(C(=O)O)C(c2cc(F)ccc2C)[C@@H]1C. The number of amides is 2. The number of fused-ring (bicyclic) bond motifs is 1. The van der Waals surface area contributed by atoms with Gasteiger partial charge in [-0.25, -0.2) is 9.18 Å². The lowest BCUT2D eigenvalue weighted by Crippen LogP contribution is -2.53. The highest BCUT2D eigenvalue weighted by Gasteiger charge is 2.43. The maximum Gasteiger partial charge on any atom is 0.412 e. The van der Waals surface area contributed by atoms with E-state index in [-0.39, 0.29) is 5.91 Å². The highest BCUT2D eigenvalue weighted by molar-refractivity contribution is 6.03. The van der Waals surface area contributed by atoms with Gasteiger partial charge in [-0.2, -0.15) is 5.10 Å². The number of hydrogen-bond donors (Lipinski definition) is 1. The van der Waals surface area contributed by atoms with Crippen LogP contribution in [0.15, 0.2) is 48.8 Å². The van der Waals surface area contributed by atoms with Crippen LogP contribution in [0.1, 0.15) is 49.9 Å². The van der Waals surface area contributed by atoms with Crippen molar-refractivity contribution in [3.05, 3.63) is 65.7 Å². The van der Waals surface area contributed by atoms with Crippen molar-refractivity contribution in [2.24, 2.45) is 0 Å². The second-order valence-corrected chi connectivity index (χ2v) is 8.87. The molecule has 1 aliphatic heterocycles. The van der Waals surface area contributed by atoms with E-state index >= 15 is 0 Å². The molecule has 1 saturated carbocycles. The molecule has 2 atom stereocenters. The number of rotatable bonds is 3. The lowest BCUT2D eigenvalue weighted by molar-refractivity contribution is -0.117. The molecule has 2 aromatic carbocycles. The normalized spacial score (nSPS) is 20.0. The molecule has 33 heavy (non-hydrogen) atoms. The highest BCUT2D eigenvalue weighted by atomic mass is 19.1. The van der Waals surface area contributed by atoms with Crippen molar-refractivity contribution in [2.75, 3.05) is 9.80 Å². The third-order valence-corrected chi connectivity index (χ3v) is 6.60. The Morgan fingerprint density at radius 3 is 2.48 bits per heavy atom. The van der Waals surface area contributed by atoms with Crippen LogP contribution in [0.5, 0.6) is 0 Å². The molecular weight excluding hydrogens is 423 g/mol. The molecule has 5 rings (SSSR count). The van der Waals surface area contributed by atoms with E-state index in [9.17, 15) is 19.1 Å². The first-order valence-corrected chi connectivity index (χ1v) is 11.0. The predicted octanol–water partition coefficient (Wildman–Crippen LogP) is 5.31. The molecule has 1 fully saturated rings. The van der Waals surface area contributed by atoms with E-state index in [1.165, 1.54) is 24.0 Å². The third kappa shape index (κ3) is 3.55. The Kier molecular flexibility index (Phi) is 4.96.